The fourth-order valence-corrected chi connectivity index (χ4v) is 18.3. The summed E-state index contributed by atoms with van der Waals surface area (Å²) in [6, 6.07) is 29.6. The summed E-state index contributed by atoms with van der Waals surface area (Å²) in [5.41, 5.74) is 10.5. The average molecular weight is 1390 g/mol. The number of hydrogen-bond donors (Lipinski definition) is 0. The van der Waals surface area contributed by atoms with E-state index in [1.807, 2.05) is 44.4 Å². The van der Waals surface area contributed by atoms with Gasteiger partial charge in [0.05, 0.1) is 36.8 Å². The van der Waals surface area contributed by atoms with E-state index in [9.17, 15) is 57.2 Å². The van der Waals surface area contributed by atoms with Crippen molar-refractivity contribution in [3.8, 4) is 0 Å². The van der Waals surface area contributed by atoms with Gasteiger partial charge in [0.15, 0.2) is 0 Å². The van der Waals surface area contributed by atoms with E-state index in [0.717, 1.165) is 117 Å². The molecule has 98 heavy (non-hydrogen) atoms. The number of hydrogen-bond acceptors (Lipinski definition) is 12. The maximum Gasteiger partial charge on any atom is 0.416 e. The first-order valence-corrected chi connectivity index (χ1v) is 36.7. The largest absolute Gasteiger partial charge is 0.416 e. The fraction of sp³-hybridized carbons (Fsp3) is 0.301. The monoisotopic (exact) mass is 1390 g/mol. The predicted molar refractivity (Wildman–Crippen MR) is 373 cm³/mol. The van der Waals surface area contributed by atoms with Gasteiger partial charge in [0, 0.05) is 148 Å². The van der Waals surface area contributed by atoms with Gasteiger partial charge >= 0.3 is 6.18 Å². The van der Waals surface area contributed by atoms with Crippen LogP contribution in [0.2, 0.25) is 0 Å². The topological polar surface area (TPSA) is 188 Å². The molecule has 15 rings (SSSR count). The molecule has 6 aliphatic rings. The van der Waals surface area contributed by atoms with Crippen LogP contribution in [0, 0.1) is 5.82 Å². The molecule has 0 radical (unpaired) electrons. The van der Waals surface area contributed by atoms with Gasteiger partial charge in [-0.05, 0) is 190 Å². The molecule has 0 unspecified atom stereocenters. The Bertz CT molecular complexity index is 5240. The van der Waals surface area contributed by atoms with Crippen LogP contribution in [0.15, 0.2) is 167 Å². The van der Waals surface area contributed by atoms with E-state index in [1.54, 1.807) is 75.6 Å². The molecular weight excluding hydrogens is 1320 g/mol. The van der Waals surface area contributed by atoms with Crippen LogP contribution in [-0.2, 0) is 69.9 Å². The molecule has 9 heterocycles. The van der Waals surface area contributed by atoms with Gasteiger partial charge in [0.1, 0.15) is 5.82 Å². The van der Waals surface area contributed by atoms with Crippen LogP contribution in [0.3, 0.4) is 0 Å². The van der Waals surface area contributed by atoms with Crippen LogP contribution in [0.1, 0.15) is 79.0 Å². The quantitative estimate of drug-likeness (QED) is 0.125. The molecule has 3 aromatic heterocycles. The first kappa shape index (κ1) is 67.6. The van der Waals surface area contributed by atoms with Gasteiger partial charge < -0.3 is 29.4 Å². The number of benzene rings is 6. The summed E-state index contributed by atoms with van der Waals surface area (Å²) in [4.78, 5) is 47.4. The first-order valence-electron chi connectivity index (χ1n) is 32.3. The maximum atomic E-state index is 14.1. The van der Waals surface area contributed by atoms with Crippen molar-refractivity contribution in [1.82, 2.24) is 26.6 Å². The molecule has 18 nitrogen and oxygen atoms in total. The van der Waals surface area contributed by atoms with E-state index < -0.39 is 47.6 Å². The zero-order valence-corrected chi connectivity index (χ0v) is 57.4. The summed E-state index contributed by atoms with van der Waals surface area (Å²) in [5.74, 6) is -0.604. The van der Waals surface area contributed by atoms with Crippen molar-refractivity contribution in [2.24, 2.45) is 0 Å². The average Bonchev–Trinajstić information content (AvgIpc) is 1.62. The minimum absolute atomic E-state index is 0.0261. The number of carbonyl (C=O) groups is 3. The Morgan fingerprint density at radius 3 is 1.10 bits per heavy atom. The lowest BCUT2D eigenvalue weighted by Crippen LogP contribution is -2.25. The van der Waals surface area contributed by atoms with Crippen LogP contribution >= 0.6 is 0 Å². The van der Waals surface area contributed by atoms with Crippen molar-refractivity contribution in [3.05, 3.63) is 197 Å². The van der Waals surface area contributed by atoms with Gasteiger partial charge in [-0.2, -0.15) is 13.2 Å². The molecule has 0 bridgehead atoms. The van der Waals surface area contributed by atoms with Crippen LogP contribution in [0.25, 0.3) is 49.4 Å². The molecule has 0 N–H and O–H groups in total. The molecule has 510 valence electrons. The van der Waals surface area contributed by atoms with Crippen LogP contribution in [0.5, 0.6) is 0 Å². The number of fused-ring (bicyclic) bond motifs is 6. The Morgan fingerprint density at radius 1 is 0.398 bits per heavy atom. The Labute approximate surface area is 566 Å². The summed E-state index contributed by atoms with van der Waals surface area (Å²) in [7, 11) is -5.74. The number of alkyl halides is 3. The van der Waals surface area contributed by atoms with Gasteiger partial charge in [-0.25, -0.2) is 41.6 Å². The van der Waals surface area contributed by atoms with Crippen LogP contribution in [-0.4, -0.2) is 150 Å². The number of nitrogens with zero attached hydrogens (tertiary/aromatic N) is 9. The summed E-state index contributed by atoms with van der Waals surface area (Å²) in [6.07, 6.45) is 10.5. The van der Waals surface area contributed by atoms with Gasteiger partial charge in [0.25, 0.3) is 30.1 Å². The Balaban J connectivity index is 0.000000133. The molecule has 0 atom stereocenters. The number of likely N-dealkylation sites (N-methyl/N-ethyl adjacent to an activating group) is 3. The lowest BCUT2D eigenvalue weighted by Gasteiger charge is -2.21. The van der Waals surface area contributed by atoms with E-state index in [1.165, 1.54) is 70.8 Å². The lowest BCUT2D eigenvalue weighted by atomic mass is 9.98. The number of halogens is 4. The first-order chi connectivity index (χ1) is 46.6. The minimum Gasteiger partial charge on any atom is -0.312 e. The lowest BCUT2D eigenvalue weighted by molar-refractivity contribution is -0.137. The molecular formula is C73H73F4N9O9S3. The van der Waals surface area contributed by atoms with Gasteiger partial charge in [-0.15, -0.1) is 0 Å². The fourth-order valence-electron chi connectivity index (χ4n) is 14.0. The Morgan fingerprint density at radius 2 is 0.745 bits per heavy atom. The van der Waals surface area contributed by atoms with Crippen molar-refractivity contribution < 1.29 is 57.2 Å². The summed E-state index contributed by atoms with van der Waals surface area (Å²) in [6.45, 7) is 10.9. The third kappa shape index (κ3) is 12.6. The van der Waals surface area contributed by atoms with Crippen molar-refractivity contribution >= 4 is 114 Å². The number of aromatic nitrogens is 3. The van der Waals surface area contributed by atoms with Gasteiger partial charge in [-0.1, -0.05) is 36.4 Å². The summed E-state index contributed by atoms with van der Waals surface area (Å²) < 4.78 is 140. The van der Waals surface area contributed by atoms with E-state index in [2.05, 4.69) is 33.9 Å². The van der Waals surface area contributed by atoms with Crippen molar-refractivity contribution in [2.45, 2.75) is 80.2 Å². The molecule has 0 saturated carbocycles. The highest BCUT2D eigenvalue weighted by Crippen LogP contribution is 2.42. The van der Waals surface area contributed by atoms with Crippen molar-refractivity contribution in [2.75, 3.05) is 94.7 Å². The highest BCUT2D eigenvalue weighted by molar-refractivity contribution is 7.90. The molecule has 0 saturated heterocycles. The predicted octanol–water partition coefficient (Wildman–Crippen LogP) is 11.7. The maximum absolute atomic E-state index is 14.1. The number of rotatable bonds is 9. The smallest absolute Gasteiger partial charge is 0.312 e. The molecule has 0 fully saturated rings. The Kier molecular flexibility index (Phi) is 18.0. The second-order valence-corrected chi connectivity index (χ2v) is 31.2. The number of para-hydroxylation sites is 1. The number of amides is 3. The highest BCUT2D eigenvalue weighted by atomic mass is 32.2. The van der Waals surface area contributed by atoms with Crippen LogP contribution in [0.4, 0.5) is 34.6 Å². The molecule has 9 aromatic rings. The summed E-state index contributed by atoms with van der Waals surface area (Å²) >= 11 is 0. The molecule has 3 amide bonds. The zero-order chi connectivity index (χ0) is 69.5. The van der Waals surface area contributed by atoms with E-state index in [0.29, 0.717) is 79.5 Å². The number of carbonyl (C=O) groups excluding carboxylic acids is 3. The standard InChI is InChI=1S/C25H24F3N3O3S.C24H24FN3O3S.C24H25N3O3S/c1-16(32)30-12-9-18-13-20(4-6-23(18)30)35(33,34)31-15-22(17-7-10-29(2)11-8-17)21-14-19(25(26,27)28)3-5-24(21)31;1-16(29)27-12-9-18-13-20(4-6-23(18)27)32(30,31)28-15-22(17-7-10-26(2)11-8-17)21-14-19(25)3-5-24(21)28;1-17(28)26-14-11-19-15-20(7-8-23(19)26)31(29,30)27-16-22(18-9-12-25(2)13-10-18)21-5-3-4-6-24(21)27/h3-7,13-15H,8-12H2,1-2H3;3-7,13-15H,8-12H2,1-2H3;3-9,15-16H,10-14H2,1-2H3. The molecule has 25 heteroatoms. The molecule has 0 spiro atoms. The molecule has 0 aliphatic carbocycles. The SMILES string of the molecule is CC(=O)N1CCc2cc(S(=O)(=O)n3cc(C4=CCN(C)CC4)c4cc(C(F)(F)F)ccc43)ccc21.CC(=O)N1CCc2cc(S(=O)(=O)n3cc(C4=CCN(C)CC4)c4cc(F)ccc43)ccc21.CC(=O)N1CCc2cc(S(=O)(=O)n3cc(C4=CCN(C)CC4)c4ccccc43)ccc21. The van der Waals surface area contributed by atoms with E-state index >= 15 is 0 Å². The van der Waals surface area contributed by atoms with Crippen LogP contribution < -0.4 is 14.7 Å². The van der Waals surface area contributed by atoms with Gasteiger partial charge in [0.2, 0.25) is 17.7 Å². The second kappa shape index (κ2) is 26.0. The Hall–Kier alpha value is -8.98. The van der Waals surface area contributed by atoms with Crippen molar-refractivity contribution in [1.29, 1.82) is 0 Å². The normalized spacial score (nSPS) is 17.0. The zero-order valence-electron chi connectivity index (χ0n) is 55.0. The third-order valence-corrected chi connectivity index (χ3v) is 24.4. The number of anilines is 3. The van der Waals surface area contributed by atoms with Crippen molar-refractivity contribution in [3.63, 3.8) is 0 Å². The second-order valence-electron chi connectivity index (χ2n) is 25.8. The van der Waals surface area contributed by atoms with Gasteiger partial charge in [-0.3, -0.25) is 14.4 Å². The summed E-state index contributed by atoms with van der Waals surface area (Å²) in [5, 5.41) is 1.79. The highest BCUT2D eigenvalue weighted by Gasteiger charge is 2.35. The third-order valence-electron chi connectivity index (χ3n) is 19.4. The molecule has 6 aromatic carbocycles. The minimum atomic E-state index is -4.55. The van der Waals surface area contributed by atoms with E-state index in [-0.39, 0.29) is 43.3 Å². The van der Waals surface area contributed by atoms with E-state index in [4.69, 9.17) is 0 Å². The molecule has 6 aliphatic heterocycles.